The van der Waals surface area contributed by atoms with Crippen LogP contribution in [-0.2, 0) is 0 Å². The Balaban J connectivity index is 4.01. The van der Waals surface area contributed by atoms with Gasteiger partial charge < -0.3 is 10.2 Å². The van der Waals surface area contributed by atoms with E-state index in [9.17, 15) is 10.2 Å². The number of hydrogen-bond donors (Lipinski definition) is 2. The standard InChI is InChI=1S/C12H26O2/c1-4-6-7-9-12(3,10-13)11(14)8-5-2/h11,13-14H,4-10H2,1-3H3. The molecule has 2 N–H and O–H groups in total. The Morgan fingerprint density at radius 1 is 1.14 bits per heavy atom. The van der Waals surface area contributed by atoms with Crippen molar-refractivity contribution in [2.75, 3.05) is 6.61 Å². The minimum absolute atomic E-state index is 0.0951. The minimum atomic E-state index is -0.352. The van der Waals surface area contributed by atoms with Gasteiger partial charge >= 0.3 is 0 Å². The third-order valence-electron chi connectivity index (χ3n) is 3.08. The average molecular weight is 202 g/mol. The van der Waals surface area contributed by atoms with Crippen LogP contribution in [0, 0.1) is 5.41 Å². The second-order valence-electron chi connectivity index (χ2n) is 4.57. The molecule has 0 aliphatic carbocycles. The quantitative estimate of drug-likeness (QED) is 0.594. The molecule has 0 saturated heterocycles. The SMILES string of the molecule is CCCCCC(C)(CO)C(O)CCC. The van der Waals surface area contributed by atoms with Crippen molar-refractivity contribution in [2.45, 2.75) is 65.4 Å². The topological polar surface area (TPSA) is 40.5 Å². The lowest BCUT2D eigenvalue weighted by Gasteiger charge is -2.32. The van der Waals surface area contributed by atoms with Crippen molar-refractivity contribution in [3.63, 3.8) is 0 Å². The number of rotatable bonds is 8. The van der Waals surface area contributed by atoms with E-state index in [0.717, 1.165) is 25.7 Å². The molecule has 0 spiro atoms. The summed E-state index contributed by atoms with van der Waals surface area (Å²) in [5.41, 5.74) is -0.287. The zero-order valence-electron chi connectivity index (χ0n) is 9.92. The van der Waals surface area contributed by atoms with Crippen LogP contribution in [0.25, 0.3) is 0 Å². The van der Waals surface area contributed by atoms with Gasteiger partial charge in [-0.1, -0.05) is 46.5 Å². The second kappa shape index (κ2) is 7.24. The number of aliphatic hydroxyl groups excluding tert-OH is 2. The second-order valence-corrected chi connectivity index (χ2v) is 4.57. The van der Waals surface area contributed by atoms with Crippen LogP contribution >= 0.6 is 0 Å². The predicted octanol–water partition coefficient (Wildman–Crippen LogP) is 2.73. The highest BCUT2D eigenvalue weighted by atomic mass is 16.3. The first kappa shape index (κ1) is 13.9. The van der Waals surface area contributed by atoms with E-state index in [1.54, 1.807) is 0 Å². The van der Waals surface area contributed by atoms with Crippen molar-refractivity contribution in [2.24, 2.45) is 5.41 Å². The van der Waals surface area contributed by atoms with Gasteiger partial charge in [-0.3, -0.25) is 0 Å². The van der Waals surface area contributed by atoms with E-state index in [-0.39, 0.29) is 18.1 Å². The molecule has 0 aromatic heterocycles. The van der Waals surface area contributed by atoms with Gasteiger partial charge in [-0.2, -0.15) is 0 Å². The van der Waals surface area contributed by atoms with Crippen molar-refractivity contribution in [3.8, 4) is 0 Å². The summed E-state index contributed by atoms with van der Waals surface area (Å²) in [5.74, 6) is 0. The molecule has 2 heteroatoms. The zero-order chi connectivity index (χ0) is 11.0. The van der Waals surface area contributed by atoms with Gasteiger partial charge in [0, 0.05) is 5.41 Å². The lowest BCUT2D eigenvalue weighted by molar-refractivity contribution is -0.0173. The lowest BCUT2D eigenvalue weighted by Crippen LogP contribution is -2.35. The smallest absolute Gasteiger partial charge is 0.0615 e. The number of unbranched alkanes of at least 4 members (excludes halogenated alkanes) is 2. The van der Waals surface area contributed by atoms with Crippen molar-refractivity contribution < 1.29 is 10.2 Å². The fourth-order valence-electron chi connectivity index (χ4n) is 1.75. The molecular formula is C12H26O2. The zero-order valence-corrected chi connectivity index (χ0v) is 9.92. The van der Waals surface area contributed by atoms with E-state index in [0.29, 0.717) is 0 Å². The van der Waals surface area contributed by atoms with E-state index < -0.39 is 0 Å². The summed E-state index contributed by atoms with van der Waals surface area (Å²) in [5, 5.41) is 19.2. The monoisotopic (exact) mass is 202 g/mol. The summed E-state index contributed by atoms with van der Waals surface area (Å²) in [7, 11) is 0. The van der Waals surface area contributed by atoms with Crippen molar-refractivity contribution in [1.29, 1.82) is 0 Å². The van der Waals surface area contributed by atoms with Crippen LogP contribution in [0.2, 0.25) is 0 Å². The molecule has 2 nitrogen and oxygen atoms in total. The highest BCUT2D eigenvalue weighted by molar-refractivity contribution is 4.81. The molecule has 2 unspecified atom stereocenters. The Labute approximate surface area is 88.3 Å². The maximum atomic E-state index is 9.91. The Bertz CT molecular complexity index is 136. The van der Waals surface area contributed by atoms with Crippen molar-refractivity contribution in [3.05, 3.63) is 0 Å². The summed E-state index contributed by atoms with van der Waals surface area (Å²) in [6, 6.07) is 0. The lowest BCUT2D eigenvalue weighted by atomic mass is 9.78. The van der Waals surface area contributed by atoms with E-state index in [2.05, 4.69) is 13.8 Å². The van der Waals surface area contributed by atoms with Crippen LogP contribution in [0.15, 0.2) is 0 Å². The Hall–Kier alpha value is -0.0800. The first-order valence-electron chi connectivity index (χ1n) is 5.89. The summed E-state index contributed by atoms with van der Waals surface area (Å²) >= 11 is 0. The van der Waals surface area contributed by atoms with E-state index in [1.807, 2.05) is 6.92 Å². The Morgan fingerprint density at radius 2 is 1.79 bits per heavy atom. The van der Waals surface area contributed by atoms with Gasteiger partial charge in [0.1, 0.15) is 0 Å². The first-order chi connectivity index (χ1) is 6.60. The average Bonchev–Trinajstić information content (AvgIpc) is 2.18. The molecule has 2 atom stereocenters. The summed E-state index contributed by atoms with van der Waals surface area (Å²) < 4.78 is 0. The number of aliphatic hydroxyl groups is 2. The molecule has 0 aliphatic rings. The molecule has 0 saturated carbocycles. The fourth-order valence-corrected chi connectivity index (χ4v) is 1.75. The minimum Gasteiger partial charge on any atom is -0.396 e. The summed E-state index contributed by atoms with van der Waals surface area (Å²) in [6.07, 6.45) is 5.83. The van der Waals surface area contributed by atoms with Gasteiger partial charge in [-0.15, -0.1) is 0 Å². The van der Waals surface area contributed by atoms with E-state index in [1.165, 1.54) is 12.8 Å². The predicted molar refractivity (Wildman–Crippen MR) is 60.2 cm³/mol. The van der Waals surface area contributed by atoms with Gasteiger partial charge in [0.15, 0.2) is 0 Å². The van der Waals surface area contributed by atoms with Gasteiger partial charge in [0.25, 0.3) is 0 Å². The molecule has 0 amide bonds. The largest absolute Gasteiger partial charge is 0.396 e. The van der Waals surface area contributed by atoms with Crippen molar-refractivity contribution in [1.82, 2.24) is 0 Å². The third kappa shape index (κ3) is 4.43. The highest BCUT2D eigenvalue weighted by Crippen LogP contribution is 2.30. The molecule has 0 heterocycles. The summed E-state index contributed by atoms with van der Waals surface area (Å²) in [6.45, 7) is 6.31. The maximum absolute atomic E-state index is 9.91. The van der Waals surface area contributed by atoms with Crippen molar-refractivity contribution >= 4 is 0 Å². The van der Waals surface area contributed by atoms with Crippen LogP contribution < -0.4 is 0 Å². The molecule has 0 fully saturated rings. The third-order valence-corrected chi connectivity index (χ3v) is 3.08. The van der Waals surface area contributed by atoms with Crippen LogP contribution in [0.1, 0.15) is 59.3 Å². The van der Waals surface area contributed by atoms with Crippen LogP contribution in [0.4, 0.5) is 0 Å². The van der Waals surface area contributed by atoms with Crippen LogP contribution in [-0.4, -0.2) is 22.9 Å². The molecular weight excluding hydrogens is 176 g/mol. The van der Waals surface area contributed by atoms with Gasteiger partial charge in [-0.25, -0.2) is 0 Å². The maximum Gasteiger partial charge on any atom is 0.0615 e. The van der Waals surface area contributed by atoms with E-state index in [4.69, 9.17) is 0 Å². The molecule has 0 aromatic rings. The molecule has 0 rings (SSSR count). The first-order valence-corrected chi connectivity index (χ1v) is 5.89. The Kier molecular flexibility index (Phi) is 7.20. The van der Waals surface area contributed by atoms with E-state index >= 15 is 0 Å². The molecule has 14 heavy (non-hydrogen) atoms. The van der Waals surface area contributed by atoms with Gasteiger partial charge in [-0.05, 0) is 12.8 Å². The Morgan fingerprint density at radius 3 is 2.21 bits per heavy atom. The molecule has 0 aromatic carbocycles. The summed E-state index contributed by atoms with van der Waals surface area (Å²) in [4.78, 5) is 0. The highest BCUT2D eigenvalue weighted by Gasteiger charge is 2.30. The molecule has 0 aliphatic heterocycles. The van der Waals surface area contributed by atoms with Crippen LogP contribution in [0.5, 0.6) is 0 Å². The number of hydrogen-bond acceptors (Lipinski definition) is 2. The van der Waals surface area contributed by atoms with Gasteiger partial charge in [0.2, 0.25) is 0 Å². The fraction of sp³-hybridized carbons (Fsp3) is 1.00. The molecule has 0 bridgehead atoms. The van der Waals surface area contributed by atoms with Crippen LogP contribution in [0.3, 0.4) is 0 Å². The normalized spacial score (nSPS) is 17.8. The van der Waals surface area contributed by atoms with Gasteiger partial charge in [0.05, 0.1) is 12.7 Å². The molecule has 0 radical (unpaired) electrons. The molecule has 86 valence electrons.